The summed E-state index contributed by atoms with van der Waals surface area (Å²) in [7, 11) is 0. The van der Waals surface area contributed by atoms with Crippen LogP contribution in [0, 0.1) is 0 Å². The summed E-state index contributed by atoms with van der Waals surface area (Å²) >= 11 is 0. The van der Waals surface area contributed by atoms with Crippen LogP contribution in [0.4, 0.5) is 0 Å². The largest absolute Gasteiger partial charge is 0.628 e. The topological polar surface area (TPSA) is 124 Å². The van der Waals surface area contributed by atoms with Crippen molar-refractivity contribution in [1.29, 1.82) is 0 Å². The van der Waals surface area contributed by atoms with Crippen molar-refractivity contribution in [3.05, 3.63) is 12.1 Å². The number of hydrogen-bond acceptors (Lipinski definition) is 5. The normalized spacial score (nSPS) is 12.8. The zero-order valence-corrected chi connectivity index (χ0v) is 15.7. The molecule has 148 valence electrons. The third kappa shape index (κ3) is 15.8. The third-order valence-electron chi connectivity index (χ3n) is 4.01. The molecule has 0 aliphatic heterocycles. The zero-order chi connectivity index (χ0) is 18.9. The second kappa shape index (κ2) is 16.0. The average molecular weight is 360 g/mol. The summed E-state index contributed by atoms with van der Waals surface area (Å²) in [5.74, 6) is -1.14. The quantitative estimate of drug-likeness (QED) is 0.183. The molecule has 0 aromatic heterocycles. The number of amides is 1. The Hall–Kier alpha value is -1.47. The SMILES string of the molecule is CCCCCCCCCCCC(=O)NC([NH3+])CN(/C=C(/[O-])O)CCO. The molecular formula is C18H37N3O4. The van der Waals surface area contributed by atoms with E-state index in [1.165, 1.54) is 49.8 Å². The fourth-order valence-electron chi connectivity index (χ4n) is 2.72. The molecule has 0 aliphatic rings. The van der Waals surface area contributed by atoms with E-state index >= 15 is 0 Å². The van der Waals surface area contributed by atoms with E-state index in [2.05, 4.69) is 18.0 Å². The van der Waals surface area contributed by atoms with Crippen LogP contribution in [0.25, 0.3) is 0 Å². The highest BCUT2D eigenvalue weighted by Crippen LogP contribution is 2.10. The van der Waals surface area contributed by atoms with E-state index in [1.54, 1.807) is 0 Å². The van der Waals surface area contributed by atoms with Crippen molar-refractivity contribution in [2.75, 3.05) is 19.7 Å². The average Bonchev–Trinajstić information content (AvgIpc) is 2.52. The highest BCUT2D eigenvalue weighted by molar-refractivity contribution is 5.75. The predicted octanol–water partition coefficient (Wildman–Crippen LogP) is 0.603. The van der Waals surface area contributed by atoms with Crippen molar-refractivity contribution >= 4 is 5.91 Å². The van der Waals surface area contributed by atoms with Crippen LogP contribution in [0.5, 0.6) is 0 Å². The van der Waals surface area contributed by atoms with Crippen LogP contribution >= 0.6 is 0 Å². The van der Waals surface area contributed by atoms with E-state index in [1.807, 2.05) is 0 Å². The minimum Gasteiger partial charge on any atom is -0.628 e. The van der Waals surface area contributed by atoms with Crippen molar-refractivity contribution in [3.8, 4) is 0 Å². The van der Waals surface area contributed by atoms with Crippen LogP contribution < -0.4 is 16.2 Å². The lowest BCUT2D eigenvalue weighted by molar-refractivity contribution is -0.427. The Morgan fingerprint density at radius 2 is 1.72 bits per heavy atom. The summed E-state index contributed by atoms with van der Waals surface area (Å²) in [6.07, 6.45) is 11.9. The number of rotatable bonds is 16. The van der Waals surface area contributed by atoms with Gasteiger partial charge in [0.2, 0.25) is 5.91 Å². The van der Waals surface area contributed by atoms with E-state index < -0.39 is 12.1 Å². The van der Waals surface area contributed by atoms with Crippen LogP contribution in [0.2, 0.25) is 0 Å². The fourth-order valence-corrected chi connectivity index (χ4v) is 2.72. The van der Waals surface area contributed by atoms with Gasteiger partial charge in [-0.05, 0) is 6.42 Å². The zero-order valence-electron chi connectivity index (χ0n) is 15.7. The molecule has 0 heterocycles. The van der Waals surface area contributed by atoms with Crippen LogP contribution in [0.3, 0.4) is 0 Å². The summed E-state index contributed by atoms with van der Waals surface area (Å²) in [4.78, 5) is 13.3. The molecule has 0 spiro atoms. The van der Waals surface area contributed by atoms with Gasteiger partial charge in [-0.15, -0.1) is 0 Å². The third-order valence-corrected chi connectivity index (χ3v) is 4.01. The number of carbonyl (C=O) groups excluding carboxylic acids is 1. The van der Waals surface area contributed by atoms with Gasteiger partial charge in [0.1, 0.15) is 0 Å². The first-order chi connectivity index (χ1) is 12.0. The Kier molecular flexibility index (Phi) is 15.1. The van der Waals surface area contributed by atoms with Crippen molar-refractivity contribution in [2.24, 2.45) is 0 Å². The maximum absolute atomic E-state index is 11.9. The van der Waals surface area contributed by atoms with E-state index in [0.29, 0.717) is 6.42 Å². The summed E-state index contributed by atoms with van der Waals surface area (Å²) in [5.41, 5.74) is 3.83. The van der Waals surface area contributed by atoms with Crippen molar-refractivity contribution in [2.45, 2.75) is 77.3 Å². The monoisotopic (exact) mass is 359 g/mol. The van der Waals surface area contributed by atoms with E-state index in [9.17, 15) is 9.90 Å². The first-order valence-electron chi connectivity index (χ1n) is 9.54. The smallest absolute Gasteiger partial charge is 0.224 e. The molecule has 0 aromatic carbocycles. The van der Waals surface area contributed by atoms with Gasteiger partial charge in [-0.2, -0.15) is 0 Å². The van der Waals surface area contributed by atoms with E-state index in [-0.39, 0.29) is 25.6 Å². The Bertz CT molecular complexity index is 360. The molecule has 0 radical (unpaired) electrons. The Morgan fingerprint density at radius 3 is 2.24 bits per heavy atom. The molecular weight excluding hydrogens is 322 g/mol. The van der Waals surface area contributed by atoms with E-state index in [0.717, 1.165) is 19.0 Å². The second-order valence-corrected chi connectivity index (χ2v) is 6.53. The molecule has 7 nitrogen and oxygen atoms in total. The molecule has 1 unspecified atom stereocenters. The van der Waals surface area contributed by atoms with Crippen molar-refractivity contribution in [3.63, 3.8) is 0 Å². The van der Waals surface area contributed by atoms with E-state index in [4.69, 9.17) is 10.2 Å². The highest BCUT2D eigenvalue weighted by Gasteiger charge is 2.13. The predicted molar refractivity (Wildman–Crippen MR) is 96.0 cm³/mol. The molecule has 0 saturated heterocycles. The van der Waals surface area contributed by atoms with Gasteiger partial charge in [0.05, 0.1) is 19.1 Å². The molecule has 1 atom stereocenters. The molecule has 0 aromatic rings. The van der Waals surface area contributed by atoms with Gasteiger partial charge < -0.3 is 31.3 Å². The molecule has 25 heavy (non-hydrogen) atoms. The number of nitrogens with zero attached hydrogens (tertiary/aromatic N) is 1. The number of hydrogen-bond donors (Lipinski definition) is 4. The van der Waals surface area contributed by atoms with Gasteiger partial charge in [-0.3, -0.25) is 4.79 Å². The molecule has 0 fully saturated rings. The maximum atomic E-state index is 11.9. The number of aliphatic hydroxyl groups is 2. The van der Waals surface area contributed by atoms with Crippen LogP contribution in [0.15, 0.2) is 12.1 Å². The second-order valence-electron chi connectivity index (χ2n) is 6.53. The van der Waals surface area contributed by atoms with Crippen molar-refractivity contribution in [1.82, 2.24) is 10.2 Å². The van der Waals surface area contributed by atoms with Gasteiger partial charge in [-0.1, -0.05) is 58.3 Å². The molecule has 0 bridgehead atoms. The minimum atomic E-state index is -1.08. The van der Waals surface area contributed by atoms with Crippen LogP contribution in [-0.2, 0) is 4.79 Å². The molecule has 0 aliphatic carbocycles. The number of unbranched alkanes of at least 4 members (excludes halogenated alkanes) is 8. The lowest BCUT2D eigenvalue weighted by Gasteiger charge is -2.23. The van der Waals surface area contributed by atoms with Crippen molar-refractivity contribution < 1.29 is 25.8 Å². The Labute approximate surface area is 151 Å². The fraction of sp³-hybridized carbons (Fsp3) is 0.833. The number of quaternary nitrogens is 1. The first kappa shape index (κ1) is 23.5. The van der Waals surface area contributed by atoms with Gasteiger partial charge >= 0.3 is 0 Å². The maximum Gasteiger partial charge on any atom is 0.224 e. The van der Waals surface area contributed by atoms with Gasteiger partial charge in [0.25, 0.3) is 0 Å². The van der Waals surface area contributed by atoms with Gasteiger partial charge in [0, 0.05) is 19.2 Å². The number of aliphatic hydroxyl groups excluding tert-OH is 2. The lowest BCUT2D eigenvalue weighted by Crippen LogP contribution is -2.72. The van der Waals surface area contributed by atoms with Crippen LogP contribution in [0.1, 0.15) is 71.1 Å². The molecule has 6 N–H and O–H groups in total. The number of nitrogens with one attached hydrogen (secondary N) is 1. The first-order valence-corrected chi connectivity index (χ1v) is 9.54. The molecule has 0 rings (SSSR count). The molecule has 7 heteroatoms. The highest BCUT2D eigenvalue weighted by atomic mass is 16.5. The molecule has 0 saturated carbocycles. The minimum absolute atomic E-state index is 0.0535. The summed E-state index contributed by atoms with van der Waals surface area (Å²) in [5, 5.41) is 31.2. The Balaban J connectivity index is 3.74. The standard InChI is InChI=1S/C18H37N3O4/c1-2-3-4-5-6-7-8-9-10-11-17(23)20-16(19)14-21(12-13-22)15-18(24)25/h15-16,22,24-25H,2-14,19H2,1H3,(H,20,23). The summed E-state index contributed by atoms with van der Waals surface area (Å²) in [6, 6.07) is 0. The van der Waals surface area contributed by atoms with Gasteiger partial charge in [0.15, 0.2) is 6.17 Å². The van der Waals surface area contributed by atoms with Crippen LogP contribution in [-0.4, -0.2) is 46.9 Å². The lowest BCUT2D eigenvalue weighted by atomic mass is 10.1. The summed E-state index contributed by atoms with van der Waals surface area (Å²) < 4.78 is 0. The number of carbonyl (C=O) groups is 1. The van der Waals surface area contributed by atoms with Gasteiger partial charge in [-0.25, -0.2) is 0 Å². The molecule has 1 amide bonds. The Morgan fingerprint density at radius 1 is 1.16 bits per heavy atom. The summed E-state index contributed by atoms with van der Waals surface area (Å²) in [6.45, 7) is 2.53.